The molecule has 3 aromatic carbocycles. The van der Waals surface area contributed by atoms with Gasteiger partial charge >= 0.3 is 0 Å². The number of halogens is 2. The molecule has 2 nitrogen and oxygen atoms in total. The van der Waals surface area contributed by atoms with Gasteiger partial charge < -0.3 is 0 Å². The summed E-state index contributed by atoms with van der Waals surface area (Å²) < 4.78 is 14.4. The maximum atomic E-state index is 14.4. The van der Waals surface area contributed by atoms with Gasteiger partial charge in [-0.15, -0.1) is 11.8 Å². The molecule has 1 fully saturated rings. The van der Waals surface area contributed by atoms with Gasteiger partial charge in [-0.2, -0.15) is 0 Å². The molecule has 0 bridgehead atoms. The van der Waals surface area contributed by atoms with E-state index in [-0.39, 0.29) is 12.0 Å². The normalized spacial score (nSPS) is 17.9. The van der Waals surface area contributed by atoms with Crippen molar-refractivity contribution in [3.05, 3.63) is 100 Å². The molecule has 30 heavy (non-hydrogen) atoms. The highest BCUT2D eigenvalue weighted by Crippen LogP contribution is 2.34. The number of benzene rings is 3. The average Bonchev–Trinajstić information content (AvgIpc) is 2.77. The van der Waals surface area contributed by atoms with Crippen molar-refractivity contribution in [2.45, 2.75) is 30.6 Å². The van der Waals surface area contributed by atoms with Gasteiger partial charge in [-0.25, -0.2) is 4.39 Å². The van der Waals surface area contributed by atoms with Crippen molar-refractivity contribution in [3.63, 3.8) is 0 Å². The topological polar surface area (TPSA) is 6.48 Å². The Hall–Kier alpha value is -1.85. The Labute approximate surface area is 187 Å². The largest absolute Gasteiger partial charge is 0.280 e. The van der Waals surface area contributed by atoms with Crippen LogP contribution in [-0.4, -0.2) is 29.1 Å². The van der Waals surface area contributed by atoms with E-state index in [9.17, 15) is 4.39 Å². The van der Waals surface area contributed by atoms with Crippen molar-refractivity contribution in [2.75, 3.05) is 19.3 Å². The van der Waals surface area contributed by atoms with Gasteiger partial charge in [-0.3, -0.25) is 9.80 Å². The summed E-state index contributed by atoms with van der Waals surface area (Å²) in [6, 6.07) is 23.9. The van der Waals surface area contributed by atoms with Crippen molar-refractivity contribution in [2.24, 2.45) is 0 Å². The highest BCUT2D eigenvalue weighted by molar-refractivity contribution is 7.98. The summed E-state index contributed by atoms with van der Waals surface area (Å²) in [6.07, 6.45) is 3.20. The molecule has 0 amide bonds. The second kappa shape index (κ2) is 9.97. The number of hydrogen-bond donors (Lipinski definition) is 0. The maximum absolute atomic E-state index is 14.4. The molecule has 0 aliphatic carbocycles. The van der Waals surface area contributed by atoms with Crippen molar-refractivity contribution in [3.8, 4) is 0 Å². The fourth-order valence-electron chi connectivity index (χ4n) is 4.17. The summed E-state index contributed by atoms with van der Waals surface area (Å²) in [5, 5.41) is 0.792. The predicted molar refractivity (Wildman–Crippen MR) is 124 cm³/mol. The zero-order valence-corrected chi connectivity index (χ0v) is 18.7. The fraction of sp³-hybridized carbons (Fsp3) is 0.280. The van der Waals surface area contributed by atoms with Crippen LogP contribution in [0.1, 0.15) is 29.3 Å². The minimum Gasteiger partial charge on any atom is -0.280 e. The van der Waals surface area contributed by atoms with Crippen molar-refractivity contribution >= 4 is 23.4 Å². The number of hydrogen-bond acceptors (Lipinski definition) is 3. The average molecular weight is 441 g/mol. The van der Waals surface area contributed by atoms with Crippen molar-refractivity contribution < 1.29 is 4.39 Å². The Balaban J connectivity index is 1.67. The molecule has 4 rings (SSSR count). The zero-order chi connectivity index (χ0) is 20.9. The lowest BCUT2D eigenvalue weighted by molar-refractivity contribution is -0.00965. The second-order valence-corrected chi connectivity index (χ2v) is 8.91. The Morgan fingerprint density at radius 2 is 1.47 bits per heavy atom. The summed E-state index contributed by atoms with van der Waals surface area (Å²) in [7, 11) is 0. The molecule has 156 valence electrons. The van der Waals surface area contributed by atoms with Gasteiger partial charge in [0.1, 0.15) is 5.82 Å². The monoisotopic (exact) mass is 440 g/mol. The third kappa shape index (κ3) is 4.89. The Morgan fingerprint density at radius 3 is 2.10 bits per heavy atom. The minimum absolute atomic E-state index is 0.0746. The van der Waals surface area contributed by atoms with E-state index in [1.165, 1.54) is 10.5 Å². The van der Waals surface area contributed by atoms with Gasteiger partial charge in [0.2, 0.25) is 0 Å². The molecular formula is C25H26ClFN2S. The smallest absolute Gasteiger partial charge is 0.127 e. The first kappa shape index (κ1) is 21.4. The molecule has 0 unspecified atom stereocenters. The maximum Gasteiger partial charge on any atom is 0.127 e. The molecule has 5 heteroatoms. The first-order valence-electron chi connectivity index (χ1n) is 10.2. The summed E-state index contributed by atoms with van der Waals surface area (Å²) >= 11 is 8.21. The number of rotatable bonds is 6. The van der Waals surface area contributed by atoms with E-state index < -0.39 is 0 Å². The molecule has 1 saturated heterocycles. The first-order chi connectivity index (χ1) is 14.7. The summed E-state index contributed by atoms with van der Waals surface area (Å²) in [4.78, 5) is 6.08. The van der Waals surface area contributed by atoms with E-state index >= 15 is 0 Å². The summed E-state index contributed by atoms with van der Waals surface area (Å²) in [6.45, 7) is 3.26. The van der Waals surface area contributed by atoms with Crippen LogP contribution in [0.4, 0.5) is 4.39 Å². The van der Waals surface area contributed by atoms with Crippen LogP contribution in [-0.2, 0) is 13.1 Å². The third-order valence-electron chi connectivity index (χ3n) is 5.66. The van der Waals surface area contributed by atoms with E-state index in [2.05, 4.69) is 46.4 Å². The Kier molecular flexibility index (Phi) is 7.11. The molecule has 0 spiro atoms. The van der Waals surface area contributed by atoms with Gasteiger partial charge in [-0.1, -0.05) is 60.1 Å². The van der Waals surface area contributed by atoms with Crippen LogP contribution in [0.15, 0.2) is 77.7 Å². The van der Waals surface area contributed by atoms with Crippen molar-refractivity contribution in [1.29, 1.82) is 0 Å². The van der Waals surface area contributed by atoms with Crippen LogP contribution in [0, 0.1) is 5.82 Å². The lowest BCUT2D eigenvalue weighted by atomic mass is 10.0. The molecule has 1 aliphatic rings. The molecule has 1 atom stereocenters. The molecule has 0 saturated carbocycles. The van der Waals surface area contributed by atoms with E-state index in [0.29, 0.717) is 6.54 Å². The predicted octanol–water partition coefficient (Wildman–Crippen LogP) is 6.61. The lowest BCUT2D eigenvalue weighted by Crippen LogP contribution is -2.47. The quantitative estimate of drug-likeness (QED) is 0.398. The van der Waals surface area contributed by atoms with E-state index in [1.807, 2.05) is 30.3 Å². The van der Waals surface area contributed by atoms with Crippen molar-refractivity contribution in [1.82, 2.24) is 9.80 Å². The van der Waals surface area contributed by atoms with Gasteiger partial charge in [0, 0.05) is 41.7 Å². The second-order valence-electron chi connectivity index (χ2n) is 7.62. The zero-order valence-electron chi connectivity index (χ0n) is 17.1. The van der Waals surface area contributed by atoms with Crippen LogP contribution in [0.5, 0.6) is 0 Å². The standard InChI is InChI=1S/C25H26ClFN2S/c1-30-22-13-11-19(12-14-22)25-28(17-20-7-2-4-9-23(20)26)15-6-16-29(25)18-21-8-3-5-10-24(21)27/h2-5,7-14,25H,6,15-18H2,1H3/t25-/m0/s1. The van der Waals surface area contributed by atoms with Crippen LogP contribution in [0.2, 0.25) is 5.02 Å². The van der Waals surface area contributed by atoms with Crippen LogP contribution < -0.4 is 0 Å². The SMILES string of the molecule is CSc1ccc([C@@H]2N(Cc3ccccc3F)CCCN2Cc2ccccc2Cl)cc1. The number of thioether (sulfide) groups is 1. The van der Waals surface area contributed by atoms with E-state index in [1.54, 1.807) is 23.9 Å². The van der Waals surface area contributed by atoms with Crippen LogP contribution in [0.3, 0.4) is 0 Å². The fourth-order valence-corrected chi connectivity index (χ4v) is 4.78. The molecule has 1 aliphatic heterocycles. The Morgan fingerprint density at radius 1 is 0.867 bits per heavy atom. The first-order valence-corrected chi connectivity index (χ1v) is 11.8. The Bertz CT molecular complexity index is 923. The highest BCUT2D eigenvalue weighted by atomic mass is 35.5. The molecule has 3 aromatic rings. The third-order valence-corrected chi connectivity index (χ3v) is 6.77. The van der Waals surface area contributed by atoms with Gasteiger partial charge in [0.15, 0.2) is 0 Å². The molecular weight excluding hydrogens is 415 g/mol. The lowest BCUT2D eigenvalue weighted by Gasteiger charge is -2.44. The van der Waals surface area contributed by atoms with Gasteiger partial charge in [-0.05, 0) is 48.1 Å². The summed E-state index contributed by atoms with van der Waals surface area (Å²) in [5.74, 6) is -0.141. The minimum atomic E-state index is -0.141. The van der Waals surface area contributed by atoms with Gasteiger partial charge in [0.05, 0.1) is 6.17 Å². The molecule has 0 aromatic heterocycles. The van der Waals surface area contributed by atoms with E-state index in [4.69, 9.17) is 11.6 Å². The van der Waals surface area contributed by atoms with Crippen LogP contribution in [0.25, 0.3) is 0 Å². The molecule has 1 heterocycles. The molecule has 0 radical (unpaired) electrons. The summed E-state index contributed by atoms with van der Waals surface area (Å²) in [5.41, 5.74) is 3.09. The molecule has 0 N–H and O–H groups in total. The highest BCUT2D eigenvalue weighted by Gasteiger charge is 2.31. The van der Waals surface area contributed by atoms with Gasteiger partial charge in [0.25, 0.3) is 0 Å². The van der Waals surface area contributed by atoms with Crippen LogP contribution >= 0.6 is 23.4 Å². The van der Waals surface area contributed by atoms with E-state index in [0.717, 1.165) is 42.2 Å². The number of nitrogens with zero attached hydrogens (tertiary/aromatic N) is 2.